The molecule has 184 valence electrons. The van der Waals surface area contributed by atoms with Crippen molar-refractivity contribution in [1.82, 2.24) is 4.98 Å². The van der Waals surface area contributed by atoms with Crippen molar-refractivity contribution in [3.8, 4) is 23.0 Å². The number of ether oxygens (including phenoxy) is 1. The number of hydrogen-bond donors (Lipinski definition) is 1. The summed E-state index contributed by atoms with van der Waals surface area (Å²) in [5.41, 5.74) is 4.57. The number of carbonyl (C=O) groups excluding carboxylic acids is 1. The number of aryl methyl sites for hydroxylation is 1. The molecule has 5 rings (SSSR count). The third-order valence-corrected chi connectivity index (χ3v) is 6.24. The maximum Gasteiger partial charge on any atom is 0.345 e. The summed E-state index contributed by atoms with van der Waals surface area (Å²) >= 11 is 12.0. The highest BCUT2D eigenvalue weighted by molar-refractivity contribution is 6.35. The van der Waals surface area contributed by atoms with Gasteiger partial charge in [-0.25, -0.2) is 9.78 Å². The fraction of sp³-hybridized carbons (Fsp3) is 0.0690. The van der Waals surface area contributed by atoms with Crippen LogP contribution in [0, 0.1) is 0 Å². The van der Waals surface area contributed by atoms with Crippen molar-refractivity contribution in [2.45, 2.75) is 13.3 Å². The molecule has 0 amide bonds. The number of aromatic hydroxyl groups is 1. The second-order valence-corrected chi connectivity index (χ2v) is 9.06. The number of aromatic nitrogens is 1. The van der Waals surface area contributed by atoms with Crippen molar-refractivity contribution in [2.24, 2.45) is 4.99 Å². The number of hydrogen-bond acceptors (Lipinski definition) is 6. The van der Waals surface area contributed by atoms with E-state index in [1.807, 2.05) is 18.2 Å². The number of benzene rings is 4. The lowest BCUT2D eigenvalue weighted by molar-refractivity contribution is 0.0735. The summed E-state index contributed by atoms with van der Waals surface area (Å²) in [5, 5.41) is 11.1. The lowest BCUT2D eigenvalue weighted by Crippen LogP contribution is -2.09. The van der Waals surface area contributed by atoms with E-state index < -0.39 is 5.97 Å². The number of aliphatic imine (C=N–C) groups is 1. The molecule has 1 N–H and O–H groups in total. The third-order valence-electron chi connectivity index (χ3n) is 5.67. The fourth-order valence-corrected chi connectivity index (χ4v) is 4.04. The second kappa shape index (κ2) is 10.5. The molecule has 4 aromatic carbocycles. The first kappa shape index (κ1) is 24.6. The van der Waals surface area contributed by atoms with Gasteiger partial charge in [0.2, 0.25) is 5.89 Å². The smallest absolute Gasteiger partial charge is 0.345 e. The lowest BCUT2D eigenvalue weighted by Gasteiger charge is -2.06. The van der Waals surface area contributed by atoms with E-state index in [0.717, 1.165) is 23.1 Å². The number of phenolic OH excluding ortho intramolecular Hbond substituents is 1. The van der Waals surface area contributed by atoms with Gasteiger partial charge >= 0.3 is 5.97 Å². The Labute approximate surface area is 222 Å². The molecular weight excluding hydrogens is 511 g/mol. The number of fused-ring (bicyclic) bond motifs is 1. The van der Waals surface area contributed by atoms with E-state index in [1.165, 1.54) is 6.07 Å². The number of rotatable bonds is 6. The van der Waals surface area contributed by atoms with E-state index in [1.54, 1.807) is 60.8 Å². The molecule has 0 aliphatic heterocycles. The topological polar surface area (TPSA) is 84.9 Å². The molecule has 0 fully saturated rings. The van der Waals surface area contributed by atoms with E-state index in [9.17, 15) is 9.90 Å². The minimum absolute atomic E-state index is 0.0483. The molecule has 0 atom stereocenters. The van der Waals surface area contributed by atoms with Crippen LogP contribution in [0.25, 0.3) is 22.6 Å². The number of esters is 1. The van der Waals surface area contributed by atoms with E-state index in [-0.39, 0.29) is 16.3 Å². The van der Waals surface area contributed by atoms with Crippen molar-refractivity contribution in [2.75, 3.05) is 0 Å². The van der Waals surface area contributed by atoms with Gasteiger partial charge in [-0.2, -0.15) is 0 Å². The zero-order valence-corrected chi connectivity index (χ0v) is 21.1. The average Bonchev–Trinajstić information content (AvgIpc) is 3.33. The molecule has 0 saturated carbocycles. The molecule has 0 bridgehead atoms. The molecule has 8 heteroatoms. The molecule has 6 nitrogen and oxygen atoms in total. The molecule has 0 unspecified atom stereocenters. The van der Waals surface area contributed by atoms with E-state index >= 15 is 0 Å². The number of halogens is 2. The average molecular weight is 531 g/mol. The Kier molecular flexibility index (Phi) is 6.95. The maximum absolute atomic E-state index is 12.4. The molecule has 0 aliphatic rings. The zero-order chi connectivity index (χ0) is 25.9. The number of oxazole rings is 1. The highest BCUT2D eigenvalue weighted by atomic mass is 35.5. The van der Waals surface area contributed by atoms with Crippen molar-refractivity contribution >= 4 is 52.2 Å². The molecular formula is C29H20Cl2N2O4. The van der Waals surface area contributed by atoms with Crippen LogP contribution in [0.4, 0.5) is 5.69 Å². The number of phenols is 1. The molecule has 0 aliphatic carbocycles. The van der Waals surface area contributed by atoms with Crippen LogP contribution in [0.1, 0.15) is 28.4 Å². The molecule has 0 radical (unpaired) electrons. The van der Waals surface area contributed by atoms with Crippen molar-refractivity contribution in [3.63, 3.8) is 0 Å². The minimum atomic E-state index is -0.601. The van der Waals surface area contributed by atoms with Crippen LogP contribution in [-0.2, 0) is 6.42 Å². The van der Waals surface area contributed by atoms with Gasteiger partial charge in [0, 0.05) is 11.2 Å². The van der Waals surface area contributed by atoms with Gasteiger partial charge in [0.1, 0.15) is 17.0 Å². The zero-order valence-electron chi connectivity index (χ0n) is 19.6. The van der Waals surface area contributed by atoms with Gasteiger partial charge in [0.25, 0.3) is 0 Å². The van der Waals surface area contributed by atoms with Crippen LogP contribution in [0.2, 0.25) is 10.0 Å². The van der Waals surface area contributed by atoms with Gasteiger partial charge in [0.15, 0.2) is 5.58 Å². The van der Waals surface area contributed by atoms with E-state index in [4.69, 9.17) is 32.4 Å². The van der Waals surface area contributed by atoms with Gasteiger partial charge < -0.3 is 14.3 Å². The predicted octanol–water partition coefficient (Wildman–Crippen LogP) is 8.04. The summed E-state index contributed by atoms with van der Waals surface area (Å²) in [7, 11) is 0. The van der Waals surface area contributed by atoms with E-state index in [2.05, 4.69) is 16.9 Å². The molecule has 1 aromatic heterocycles. The van der Waals surface area contributed by atoms with Crippen molar-refractivity contribution < 1.29 is 19.1 Å². The number of nitrogens with zero attached hydrogens (tertiary/aromatic N) is 2. The largest absolute Gasteiger partial charge is 0.507 e. The standard InChI is InChI=1S/C29H20Cl2N2O4/c1-2-17-5-12-27-25(13-17)33-28(37-27)23-15-20(7-11-26(23)34)32-16-18-3-8-21(9-4-18)36-29(35)22-14-19(30)6-10-24(22)31/h3-16,34H,2H2,1H3. The molecule has 37 heavy (non-hydrogen) atoms. The quantitative estimate of drug-likeness (QED) is 0.136. The van der Waals surface area contributed by atoms with Gasteiger partial charge in [-0.05, 0) is 90.3 Å². The van der Waals surface area contributed by atoms with Crippen LogP contribution in [0.15, 0.2) is 88.3 Å². The maximum atomic E-state index is 12.4. The second-order valence-electron chi connectivity index (χ2n) is 8.22. The van der Waals surface area contributed by atoms with Crippen molar-refractivity contribution in [1.29, 1.82) is 0 Å². The van der Waals surface area contributed by atoms with Crippen LogP contribution >= 0.6 is 23.2 Å². The van der Waals surface area contributed by atoms with Gasteiger partial charge in [-0.15, -0.1) is 0 Å². The summed E-state index contributed by atoms with van der Waals surface area (Å²) < 4.78 is 11.3. The molecule has 1 heterocycles. The van der Waals surface area contributed by atoms with Crippen LogP contribution < -0.4 is 4.74 Å². The summed E-state index contributed by atoms with van der Waals surface area (Å²) in [5.74, 6) is 0.124. The highest BCUT2D eigenvalue weighted by Gasteiger charge is 2.15. The van der Waals surface area contributed by atoms with Gasteiger partial charge in [0.05, 0.1) is 21.8 Å². The lowest BCUT2D eigenvalue weighted by atomic mass is 10.1. The SMILES string of the molecule is CCc1ccc2oc(-c3cc(N=Cc4ccc(OC(=O)c5cc(Cl)ccc5Cl)cc4)ccc3O)nc2c1. The molecule has 0 saturated heterocycles. The monoisotopic (exact) mass is 530 g/mol. The Morgan fingerprint density at radius 1 is 1.03 bits per heavy atom. The summed E-state index contributed by atoms with van der Waals surface area (Å²) in [4.78, 5) is 21.5. The van der Waals surface area contributed by atoms with Crippen LogP contribution in [-0.4, -0.2) is 22.3 Å². The summed E-state index contributed by atoms with van der Waals surface area (Å²) in [6, 6.07) is 22.3. The first-order chi connectivity index (χ1) is 17.9. The Morgan fingerprint density at radius 2 is 1.84 bits per heavy atom. The summed E-state index contributed by atoms with van der Waals surface area (Å²) in [6.07, 6.45) is 2.56. The fourth-order valence-electron chi connectivity index (χ4n) is 3.67. The Balaban J connectivity index is 1.32. The molecule has 5 aromatic rings. The highest BCUT2D eigenvalue weighted by Crippen LogP contribution is 2.34. The predicted molar refractivity (Wildman–Crippen MR) is 146 cm³/mol. The Morgan fingerprint density at radius 3 is 2.62 bits per heavy atom. The Bertz CT molecular complexity index is 1640. The first-order valence-electron chi connectivity index (χ1n) is 11.4. The Hall–Kier alpha value is -4.13. The third kappa shape index (κ3) is 5.50. The minimum Gasteiger partial charge on any atom is -0.507 e. The van der Waals surface area contributed by atoms with E-state index in [0.29, 0.717) is 33.5 Å². The van der Waals surface area contributed by atoms with Gasteiger partial charge in [-0.3, -0.25) is 4.99 Å². The van der Waals surface area contributed by atoms with Gasteiger partial charge in [-0.1, -0.05) is 36.2 Å². The summed E-state index contributed by atoms with van der Waals surface area (Å²) in [6.45, 7) is 2.08. The van der Waals surface area contributed by atoms with Crippen LogP contribution in [0.5, 0.6) is 11.5 Å². The normalized spacial score (nSPS) is 11.3. The first-order valence-corrected chi connectivity index (χ1v) is 12.2. The van der Waals surface area contributed by atoms with Crippen molar-refractivity contribution in [3.05, 3.63) is 106 Å². The number of carbonyl (C=O) groups is 1. The van der Waals surface area contributed by atoms with Crippen LogP contribution in [0.3, 0.4) is 0 Å². The molecule has 0 spiro atoms.